The van der Waals surface area contributed by atoms with Gasteiger partial charge in [0.15, 0.2) is 29.5 Å². The fourth-order valence-electron chi connectivity index (χ4n) is 4.37. The molecule has 0 aromatic heterocycles. The van der Waals surface area contributed by atoms with Crippen molar-refractivity contribution in [1.82, 2.24) is 0 Å². The maximum absolute atomic E-state index is 15.1. The summed E-state index contributed by atoms with van der Waals surface area (Å²) in [6, 6.07) is 11.6. The number of halogens is 4. The summed E-state index contributed by atoms with van der Waals surface area (Å²) in [5.74, 6) is -4.75. The molecule has 0 aliphatic carbocycles. The van der Waals surface area contributed by atoms with E-state index in [4.69, 9.17) is 14.2 Å². The SMILES string of the molecule is C=CCCOc1ccc(-c2ccc(-c3ccc(C4OCC(C(O)CCC)CO4)c(F)c3F)cc2)c(F)c1F. The van der Waals surface area contributed by atoms with Crippen LogP contribution in [0.2, 0.25) is 0 Å². The van der Waals surface area contributed by atoms with Crippen molar-refractivity contribution in [2.75, 3.05) is 19.8 Å². The first-order valence-electron chi connectivity index (χ1n) is 12.6. The molecule has 38 heavy (non-hydrogen) atoms. The summed E-state index contributed by atoms with van der Waals surface area (Å²) in [4.78, 5) is 0. The van der Waals surface area contributed by atoms with Crippen LogP contribution in [0.5, 0.6) is 5.75 Å². The molecule has 1 atom stereocenters. The molecule has 0 saturated carbocycles. The van der Waals surface area contributed by atoms with Crippen LogP contribution in [0.1, 0.15) is 38.0 Å². The number of hydrogen-bond donors (Lipinski definition) is 1. The van der Waals surface area contributed by atoms with E-state index in [1.807, 2.05) is 6.92 Å². The van der Waals surface area contributed by atoms with E-state index in [9.17, 15) is 13.9 Å². The van der Waals surface area contributed by atoms with Crippen LogP contribution in [0.3, 0.4) is 0 Å². The highest BCUT2D eigenvalue weighted by molar-refractivity contribution is 5.71. The molecule has 1 aliphatic rings. The molecule has 1 saturated heterocycles. The normalized spacial score (nSPS) is 18.3. The van der Waals surface area contributed by atoms with Crippen molar-refractivity contribution in [3.05, 3.63) is 90.0 Å². The van der Waals surface area contributed by atoms with Gasteiger partial charge >= 0.3 is 0 Å². The molecular formula is C30H30F4O4. The fourth-order valence-corrected chi connectivity index (χ4v) is 4.37. The zero-order valence-corrected chi connectivity index (χ0v) is 21.1. The van der Waals surface area contributed by atoms with E-state index >= 15 is 8.78 Å². The van der Waals surface area contributed by atoms with Gasteiger partial charge in [-0.05, 0) is 36.1 Å². The van der Waals surface area contributed by atoms with Crippen molar-refractivity contribution in [3.8, 4) is 28.0 Å². The largest absolute Gasteiger partial charge is 0.490 e. The Balaban J connectivity index is 1.50. The Hall–Kier alpha value is -3.20. The third-order valence-electron chi connectivity index (χ3n) is 6.55. The van der Waals surface area contributed by atoms with Crippen LogP contribution in [0, 0.1) is 29.2 Å². The zero-order chi connectivity index (χ0) is 27.2. The summed E-state index contributed by atoms with van der Waals surface area (Å²) in [5.41, 5.74) is 0.669. The summed E-state index contributed by atoms with van der Waals surface area (Å²) in [7, 11) is 0. The predicted molar refractivity (Wildman–Crippen MR) is 137 cm³/mol. The topological polar surface area (TPSA) is 47.9 Å². The lowest BCUT2D eigenvalue weighted by atomic mass is 9.97. The van der Waals surface area contributed by atoms with E-state index in [2.05, 4.69) is 6.58 Å². The van der Waals surface area contributed by atoms with Crippen LogP contribution in [-0.4, -0.2) is 31.0 Å². The molecule has 4 rings (SSSR count). The molecular weight excluding hydrogens is 500 g/mol. The second-order valence-electron chi connectivity index (χ2n) is 9.19. The molecule has 1 unspecified atom stereocenters. The Morgan fingerprint density at radius 1 is 0.895 bits per heavy atom. The van der Waals surface area contributed by atoms with Crippen LogP contribution in [0.15, 0.2) is 61.2 Å². The molecule has 8 heteroatoms. The number of ether oxygens (including phenoxy) is 3. The summed E-state index contributed by atoms with van der Waals surface area (Å²) in [5, 5.41) is 10.1. The molecule has 3 aromatic carbocycles. The Morgan fingerprint density at radius 2 is 1.47 bits per heavy atom. The second kappa shape index (κ2) is 12.6. The molecule has 1 fully saturated rings. The lowest BCUT2D eigenvalue weighted by molar-refractivity contribution is -0.220. The van der Waals surface area contributed by atoms with Crippen molar-refractivity contribution in [3.63, 3.8) is 0 Å². The van der Waals surface area contributed by atoms with Gasteiger partial charge in [-0.2, -0.15) is 4.39 Å². The quantitative estimate of drug-likeness (QED) is 0.169. The van der Waals surface area contributed by atoms with Gasteiger partial charge in [-0.25, -0.2) is 13.2 Å². The third-order valence-corrected chi connectivity index (χ3v) is 6.55. The van der Waals surface area contributed by atoms with Gasteiger partial charge in [0.25, 0.3) is 0 Å². The molecule has 1 N–H and O–H groups in total. The number of rotatable bonds is 10. The van der Waals surface area contributed by atoms with Gasteiger partial charge in [0.05, 0.1) is 25.9 Å². The van der Waals surface area contributed by atoms with Crippen molar-refractivity contribution in [2.45, 2.75) is 38.6 Å². The highest BCUT2D eigenvalue weighted by Gasteiger charge is 2.31. The Morgan fingerprint density at radius 3 is 2.05 bits per heavy atom. The summed E-state index contributed by atoms with van der Waals surface area (Å²) in [6.45, 7) is 6.04. The highest BCUT2D eigenvalue weighted by atomic mass is 19.2. The van der Waals surface area contributed by atoms with Crippen LogP contribution in [-0.2, 0) is 9.47 Å². The van der Waals surface area contributed by atoms with Gasteiger partial charge in [0.2, 0.25) is 5.82 Å². The molecule has 0 radical (unpaired) electrons. The molecule has 202 valence electrons. The van der Waals surface area contributed by atoms with Crippen LogP contribution < -0.4 is 4.74 Å². The van der Waals surface area contributed by atoms with Crippen molar-refractivity contribution < 1.29 is 36.9 Å². The maximum atomic E-state index is 15.1. The molecule has 0 amide bonds. The molecule has 3 aromatic rings. The van der Waals surface area contributed by atoms with Crippen LogP contribution in [0.4, 0.5) is 17.6 Å². The first kappa shape index (κ1) is 27.8. The summed E-state index contributed by atoms with van der Waals surface area (Å²) in [6.07, 6.45) is 1.87. The Bertz CT molecular complexity index is 1250. The second-order valence-corrected chi connectivity index (χ2v) is 9.19. The number of hydrogen-bond acceptors (Lipinski definition) is 4. The lowest BCUT2D eigenvalue weighted by Gasteiger charge is -2.32. The Labute approximate surface area is 219 Å². The average Bonchev–Trinajstić information content (AvgIpc) is 2.93. The lowest BCUT2D eigenvalue weighted by Crippen LogP contribution is -2.35. The zero-order valence-electron chi connectivity index (χ0n) is 21.1. The van der Waals surface area contributed by atoms with Gasteiger partial charge in [0.1, 0.15) is 0 Å². The minimum absolute atomic E-state index is 0.00229. The van der Waals surface area contributed by atoms with E-state index in [0.29, 0.717) is 24.0 Å². The van der Waals surface area contributed by atoms with Crippen LogP contribution in [0.25, 0.3) is 22.3 Å². The summed E-state index contributed by atoms with van der Waals surface area (Å²) < 4.78 is 75.6. The van der Waals surface area contributed by atoms with E-state index in [-0.39, 0.29) is 48.2 Å². The van der Waals surface area contributed by atoms with Crippen LogP contribution >= 0.6 is 0 Å². The predicted octanol–water partition coefficient (Wildman–Crippen LogP) is 7.35. The van der Waals surface area contributed by atoms with Gasteiger partial charge in [0, 0.05) is 22.6 Å². The third kappa shape index (κ3) is 5.93. The first-order chi connectivity index (χ1) is 18.3. The monoisotopic (exact) mass is 530 g/mol. The smallest absolute Gasteiger partial charge is 0.201 e. The standard InChI is InChI=1S/C30H30F4O4/c1-3-5-15-36-25-14-13-22(27(32)29(25)34)19-9-7-18(8-10-19)21-11-12-23(28(33)26(21)31)30-37-16-20(17-38-30)24(35)6-4-2/h3,7-14,20,24,30,35H,1,4-6,15-17H2,2H3. The first-order valence-corrected chi connectivity index (χ1v) is 12.6. The van der Waals surface area contributed by atoms with Gasteiger partial charge in [-0.1, -0.05) is 55.8 Å². The number of aliphatic hydroxyl groups is 1. The maximum Gasteiger partial charge on any atom is 0.201 e. The molecule has 0 bridgehead atoms. The minimum atomic E-state index is -1.10. The van der Waals surface area contributed by atoms with Gasteiger partial charge in [-0.3, -0.25) is 0 Å². The van der Waals surface area contributed by atoms with E-state index in [0.717, 1.165) is 6.42 Å². The highest BCUT2D eigenvalue weighted by Crippen LogP contribution is 2.35. The van der Waals surface area contributed by atoms with Crippen molar-refractivity contribution in [1.29, 1.82) is 0 Å². The van der Waals surface area contributed by atoms with Crippen molar-refractivity contribution in [2.24, 2.45) is 5.92 Å². The summed E-state index contributed by atoms with van der Waals surface area (Å²) >= 11 is 0. The molecule has 1 aliphatic heterocycles. The molecule has 4 nitrogen and oxygen atoms in total. The number of benzene rings is 3. The van der Waals surface area contributed by atoms with E-state index in [1.165, 1.54) is 48.5 Å². The van der Waals surface area contributed by atoms with Gasteiger partial charge in [-0.15, -0.1) is 6.58 Å². The average molecular weight is 531 g/mol. The molecule has 1 heterocycles. The van der Waals surface area contributed by atoms with E-state index < -0.39 is 35.7 Å². The molecule has 0 spiro atoms. The minimum Gasteiger partial charge on any atom is -0.490 e. The fraction of sp³-hybridized carbons (Fsp3) is 0.333. The number of aliphatic hydroxyl groups excluding tert-OH is 1. The van der Waals surface area contributed by atoms with E-state index in [1.54, 1.807) is 6.08 Å². The van der Waals surface area contributed by atoms with Gasteiger partial charge < -0.3 is 19.3 Å². The van der Waals surface area contributed by atoms with Crippen molar-refractivity contribution >= 4 is 0 Å². The Kier molecular flexibility index (Phi) is 9.20.